The molecule has 1 aromatic carbocycles. The fraction of sp³-hybridized carbons (Fsp3) is 0.200. The highest BCUT2D eigenvalue weighted by molar-refractivity contribution is 5.49. The smallest absolute Gasteiger partial charge is 0.231 e. The minimum absolute atomic E-state index is 0.295. The zero-order chi connectivity index (χ0) is 9.10. The fourth-order valence-corrected chi connectivity index (χ4v) is 1.13. The van der Waals surface area contributed by atoms with E-state index in [9.17, 15) is 0 Å². The molecule has 1 aliphatic rings. The molecule has 3 nitrogen and oxygen atoms in total. The van der Waals surface area contributed by atoms with Crippen molar-refractivity contribution in [3.8, 4) is 23.3 Å². The van der Waals surface area contributed by atoms with Crippen molar-refractivity contribution in [2.75, 3.05) is 13.3 Å². The molecule has 0 bridgehead atoms. The Morgan fingerprint density at radius 2 is 2.15 bits per heavy atom. The van der Waals surface area contributed by atoms with E-state index in [4.69, 9.17) is 15.2 Å². The number of hydrogen-bond donors (Lipinski definition) is 1. The average Bonchev–Trinajstić information content (AvgIpc) is 2.61. The Hall–Kier alpha value is -1.66. The first-order valence-corrected chi connectivity index (χ1v) is 3.99. The maximum absolute atomic E-state index is 5.26. The zero-order valence-corrected chi connectivity index (χ0v) is 7.04. The number of nitrogens with two attached hydrogens (primary N) is 1. The lowest BCUT2D eigenvalue weighted by Crippen LogP contribution is -1.93. The van der Waals surface area contributed by atoms with Crippen molar-refractivity contribution < 1.29 is 9.47 Å². The molecule has 66 valence electrons. The molecule has 13 heavy (non-hydrogen) atoms. The molecule has 1 aromatic rings. The Balaban J connectivity index is 2.31. The van der Waals surface area contributed by atoms with Gasteiger partial charge in [0.2, 0.25) is 6.79 Å². The highest BCUT2D eigenvalue weighted by Crippen LogP contribution is 2.32. The van der Waals surface area contributed by atoms with Gasteiger partial charge in [0.25, 0.3) is 0 Å². The minimum atomic E-state index is 0.295. The number of rotatable bonds is 0. The summed E-state index contributed by atoms with van der Waals surface area (Å²) < 4.78 is 10.4. The summed E-state index contributed by atoms with van der Waals surface area (Å²) in [6, 6.07) is 5.59. The molecule has 0 radical (unpaired) electrons. The van der Waals surface area contributed by atoms with E-state index >= 15 is 0 Å². The lowest BCUT2D eigenvalue weighted by Gasteiger charge is -1.94. The van der Waals surface area contributed by atoms with E-state index in [1.807, 2.05) is 18.2 Å². The second-order valence-electron chi connectivity index (χ2n) is 2.57. The van der Waals surface area contributed by atoms with Gasteiger partial charge in [0, 0.05) is 5.56 Å². The SMILES string of the molecule is NCC#Cc1ccc2c(c1)OCO2. The molecule has 0 amide bonds. The topological polar surface area (TPSA) is 44.5 Å². The summed E-state index contributed by atoms with van der Waals surface area (Å²) in [7, 11) is 0. The second kappa shape index (κ2) is 3.38. The molecule has 1 heterocycles. The van der Waals surface area contributed by atoms with Crippen molar-refractivity contribution >= 4 is 0 Å². The molecule has 0 unspecified atom stereocenters. The molecule has 3 heteroatoms. The quantitative estimate of drug-likeness (QED) is 0.591. The standard InChI is InChI=1S/C10H9NO2/c11-5-1-2-8-3-4-9-10(6-8)13-7-12-9/h3-4,6H,5,7,11H2. The van der Waals surface area contributed by atoms with Crippen LogP contribution in [-0.2, 0) is 0 Å². The third kappa shape index (κ3) is 1.58. The van der Waals surface area contributed by atoms with Crippen LogP contribution in [0.2, 0.25) is 0 Å². The third-order valence-corrected chi connectivity index (χ3v) is 1.71. The predicted molar refractivity (Wildman–Crippen MR) is 48.5 cm³/mol. The van der Waals surface area contributed by atoms with Gasteiger partial charge in [-0.05, 0) is 18.2 Å². The number of hydrogen-bond acceptors (Lipinski definition) is 3. The zero-order valence-electron chi connectivity index (χ0n) is 7.04. The Morgan fingerprint density at radius 3 is 3.00 bits per heavy atom. The number of ether oxygens (including phenoxy) is 2. The van der Waals surface area contributed by atoms with Gasteiger partial charge in [-0.25, -0.2) is 0 Å². The Morgan fingerprint density at radius 1 is 1.31 bits per heavy atom. The Kier molecular flexibility index (Phi) is 2.07. The molecule has 0 aliphatic carbocycles. The van der Waals surface area contributed by atoms with Crippen LogP contribution in [0.15, 0.2) is 18.2 Å². The van der Waals surface area contributed by atoms with Crippen molar-refractivity contribution in [2.45, 2.75) is 0 Å². The monoisotopic (exact) mass is 175 g/mol. The van der Waals surface area contributed by atoms with Crippen molar-refractivity contribution in [2.24, 2.45) is 5.73 Å². The van der Waals surface area contributed by atoms with Gasteiger partial charge in [-0.1, -0.05) is 11.8 Å². The highest BCUT2D eigenvalue weighted by Gasteiger charge is 2.11. The summed E-state index contributed by atoms with van der Waals surface area (Å²) in [5.74, 6) is 7.23. The van der Waals surface area contributed by atoms with Crippen LogP contribution < -0.4 is 15.2 Å². The molecule has 0 fully saturated rings. The van der Waals surface area contributed by atoms with E-state index in [1.165, 1.54) is 0 Å². The molecular formula is C10H9NO2. The summed E-state index contributed by atoms with van der Waals surface area (Å²) >= 11 is 0. The van der Waals surface area contributed by atoms with Gasteiger partial charge in [-0.2, -0.15) is 0 Å². The molecule has 2 N–H and O–H groups in total. The minimum Gasteiger partial charge on any atom is -0.454 e. The normalized spacial score (nSPS) is 12.1. The van der Waals surface area contributed by atoms with Crippen molar-refractivity contribution in [1.82, 2.24) is 0 Å². The predicted octanol–water partition coefficient (Wildman–Crippen LogP) is 0.726. The third-order valence-electron chi connectivity index (χ3n) is 1.71. The van der Waals surface area contributed by atoms with E-state index in [0.717, 1.165) is 17.1 Å². The summed E-state index contributed by atoms with van der Waals surface area (Å²) in [4.78, 5) is 0. The first-order valence-electron chi connectivity index (χ1n) is 3.99. The summed E-state index contributed by atoms with van der Waals surface area (Å²) in [6.45, 7) is 0.664. The van der Waals surface area contributed by atoms with Crippen molar-refractivity contribution in [3.05, 3.63) is 23.8 Å². The highest BCUT2D eigenvalue weighted by atomic mass is 16.7. The van der Waals surface area contributed by atoms with Crippen LogP contribution >= 0.6 is 0 Å². The summed E-state index contributed by atoms with van der Waals surface area (Å²) in [5.41, 5.74) is 6.16. The van der Waals surface area contributed by atoms with E-state index < -0.39 is 0 Å². The van der Waals surface area contributed by atoms with Gasteiger partial charge in [0.05, 0.1) is 6.54 Å². The van der Waals surface area contributed by atoms with Gasteiger partial charge in [-0.15, -0.1) is 0 Å². The van der Waals surface area contributed by atoms with Gasteiger partial charge in [0.15, 0.2) is 11.5 Å². The summed E-state index contributed by atoms with van der Waals surface area (Å²) in [6.07, 6.45) is 0. The van der Waals surface area contributed by atoms with Crippen LogP contribution in [0, 0.1) is 11.8 Å². The van der Waals surface area contributed by atoms with Crippen molar-refractivity contribution in [1.29, 1.82) is 0 Å². The second-order valence-corrected chi connectivity index (χ2v) is 2.57. The van der Waals surface area contributed by atoms with E-state index in [0.29, 0.717) is 13.3 Å². The van der Waals surface area contributed by atoms with Crippen LogP contribution in [0.4, 0.5) is 0 Å². The van der Waals surface area contributed by atoms with Crippen LogP contribution in [0.5, 0.6) is 11.5 Å². The molecule has 0 saturated heterocycles. The van der Waals surface area contributed by atoms with Gasteiger partial charge in [0.1, 0.15) is 0 Å². The Labute approximate surface area is 76.5 Å². The fourth-order valence-electron chi connectivity index (χ4n) is 1.13. The lowest BCUT2D eigenvalue weighted by molar-refractivity contribution is 0.174. The first kappa shape index (κ1) is 7.96. The number of benzene rings is 1. The molecule has 0 aromatic heterocycles. The van der Waals surface area contributed by atoms with Crippen LogP contribution in [0.25, 0.3) is 0 Å². The summed E-state index contributed by atoms with van der Waals surface area (Å²) in [5, 5.41) is 0. The van der Waals surface area contributed by atoms with Gasteiger partial charge < -0.3 is 15.2 Å². The average molecular weight is 175 g/mol. The number of fused-ring (bicyclic) bond motifs is 1. The van der Waals surface area contributed by atoms with Crippen LogP contribution in [0.3, 0.4) is 0 Å². The molecule has 2 rings (SSSR count). The molecule has 0 spiro atoms. The van der Waals surface area contributed by atoms with Crippen LogP contribution in [-0.4, -0.2) is 13.3 Å². The van der Waals surface area contributed by atoms with Gasteiger partial charge >= 0.3 is 0 Å². The van der Waals surface area contributed by atoms with Gasteiger partial charge in [-0.3, -0.25) is 0 Å². The maximum Gasteiger partial charge on any atom is 0.231 e. The molecule has 1 aliphatic heterocycles. The van der Waals surface area contributed by atoms with E-state index in [2.05, 4.69) is 11.8 Å². The Bertz CT molecular complexity index is 376. The molecular weight excluding hydrogens is 166 g/mol. The van der Waals surface area contributed by atoms with E-state index in [1.54, 1.807) is 0 Å². The lowest BCUT2D eigenvalue weighted by atomic mass is 10.2. The molecule has 0 atom stereocenters. The van der Waals surface area contributed by atoms with Crippen molar-refractivity contribution in [3.63, 3.8) is 0 Å². The molecule has 0 saturated carbocycles. The van der Waals surface area contributed by atoms with Crippen LogP contribution in [0.1, 0.15) is 5.56 Å². The largest absolute Gasteiger partial charge is 0.454 e. The first-order chi connectivity index (χ1) is 6.40. The van der Waals surface area contributed by atoms with E-state index in [-0.39, 0.29) is 0 Å². The maximum atomic E-state index is 5.26.